The van der Waals surface area contributed by atoms with Crippen molar-refractivity contribution < 1.29 is 13.9 Å². The van der Waals surface area contributed by atoms with Crippen LogP contribution in [0.5, 0.6) is 5.75 Å². The fraction of sp³-hybridized carbons (Fsp3) is 0.276. The number of carbonyl (C=O) groups is 1. The van der Waals surface area contributed by atoms with E-state index in [1.165, 1.54) is 16.7 Å². The topological polar surface area (TPSA) is 39.4 Å². The second-order valence-electron chi connectivity index (χ2n) is 8.62. The van der Waals surface area contributed by atoms with Crippen LogP contribution in [0.2, 0.25) is 0 Å². The lowest BCUT2D eigenvalue weighted by molar-refractivity contribution is -0.118. The second kappa shape index (κ2) is 8.66. The predicted molar refractivity (Wildman–Crippen MR) is 130 cm³/mol. The van der Waals surface area contributed by atoms with E-state index in [2.05, 4.69) is 37.3 Å². The van der Waals surface area contributed by atoms with Crippen LogP contribution < -0.4 is 4.74 Å². The first-order valence-corrected chi connectivity index (χ1v) is 11.4. The summed E-state index contributed by atoms with van der Waals surface area (Å²) in [6.45, 7) is 2.23. The summed E-state index contributed by atoms with van der Waals surface area (Å²) in [5, 5.41) is 2.08. The average molecular weight is 425 g/mol. The zero-order chi connectivity index (χ0) is 22.1. The van der Waals surface area contributed by atoms with E-state index in [9.17, 15) is 4.79 Å². The van der Waals surface area contributed by atoms with Crippen LogP contribution in [0.3, 0.4) is 0 Å². The van der Waals surface area contributed by atoms with Gasteiger partial charge in [0.15, 0.2) is 0 Å². The van der Waals surface area contributed by atoms with Crippen molar-refractivity contribution in [3.63, 3.8) is 0 Å². The Kier molecular flexibility index (Phi) is 5.57. The van der Waals surface area contributed by atoms with Crippen molar-refractivity contribution in [1.82, 2.24) is 0 Å². The Morgan fingerprint density at radius 2 is 1.97 bits per heavy atom. The number of hydrogen-bond acceptors (Lipinski definition) is 3. The minimum absolute atomic E-state index is 0.227. The van der Waals surface area contributed by atoms with Gasteiger partial charge in [0.25, 0.3) is 0 Å². The number of ether oxygens (including phenoxy) is 1. The summed E-state index contributed by atoms with van der Waals surface area (Å²) in [5.41, 5.74) is 6.76. The van der Waals surface area contributed by atoms with Gasteiger partial charge in [-0.1, -0.05) is 61.1 Å². The fourth-order valence-electron chi connectivity index (χ4n) is 5.07. The van der Waals surface area contributed by atoms with Crippen molar-refractivity contribution in [1.29, 1.82) is 0 Å². The number of benzene rings is 2. The Morgan fingerprint density at radius 1 is 1.09 bits per heavy atom. The molecule has 1 atom stereocenters. The molecular weight excluding hydrogens is 396 g/mol. The summed E-state index contributed by atoms with van der Waals surface area (Å²) in [6, 6.07) is 11.9. The van der Waals surface area contributed by atoms with Crippen molar-refractivity contribution in [2.45, 2.75) is 39.0 Å². The molecule has 0 fully saturated rings. The van der Waals surface area contributed by atoms with E-state index in [4.69, 9.17) is 9.15 Å². The maximum atomic E-state index is 12.9. The minimum atomic E-state index is 0.227. The number of para-hydroxylation sites is 1. The molecule has 0 radical (unpaired) electrons. The van der Waals surface area contributed by atoms with Gasteiger partial charge in [0.1, 0.15) is 22.7 Å². The summed E-state index contributed by atoms with van der Waals surface area (Å²) in [6.07, 6.45) is 14.9. The van der Waals surface area contributed by atoms with Gasteiger partial charge in [-0.25, -0.2) is 0 Å². The number of furan rings is 1. The third kappa shape index (κ3) is 3.73. The standard InChI is InChI=1S/C29H28O3/c1-3-23-20(13-15-24(23)19-8-4-5-9-19)12-14-22(30)16-21-17-29-26(18-28(21)31-2)25-10-6-7-11-27(25)32-29/h4-8,10-11,13,15,17-18,23H,3,9,12,14,16H2,1-2H3. The molecule has 5 rings (SSSR count). The third-order valence-electron chi connectivity index (χ3n) is 6.71. The number of fused-ring (bicyclic) bond motifs is 3. The van der Waals surface area contributed by atoms with E-state index in [1.54, 1.807) is 7.11 Å². The summed E-state index contributed by atoms with van der Waals surface area (Å²) in [5.74, 6) is 1.41. The molecule has 3 heteroatoms. The predicted octanol–water partition coefficient (Wildman–Crippen LogP) is 7.27. The van der Waals surface area contributed by atoms with Crippen LogP contribution >= 0.6 is 0 Å². The average Bonchev–Trinajstić information content (AvgIpc) is 3.54. The lowest BCUT2D eigenvalue weighted by Gasteiger charge is -2.19. The molecule has 1 unspecified atom stereocenters. The molecule has 0 saturated carbocycles. The SMILES string of the molecule is CCC1C(CCC(=O)Cc2cc3oc4ccccc4c3cc2OC)=CC=C1C1=CC=CC1. The van der Waals surface area contributed by atoms with E-state index in [1.807, 2.05) is 36.4 Å². The van der Waals surface area contributed by atoms with Crippen molar-refractivity contribution in [3.05, 3.63) is 89.1 Å². The Morgan fingerprint density at radius 3 is 2.75 bits per heavy atom. The molecule has 0 N–H and O–H groups in total. The number of rotatable bonds is 8. The zero-order valence-electron chi connectivity index (χ0n) is 18.7. The van der Waals surface area contributed by atoms with E-state index in [0.29, 0.717) is 18.8 Å². The molecule has 3 aromatic rings. The summed E-state index contributed by atoms with van der Waals surface area (Å²) in [7, 11) is 1.66. The lowest BCUT2D eigenvalue weighted by Crippen LogP contribution is -2.09. The van der Waals surface area contributed by atoms with E-state index in [0.717, 1.165) is 52.5 Å². The van der Waals surface area contributed by atoms with Crippen LogP contribution in [0.1, 0.15) is 38.2 Å². The Hall–Kier alpha value is -3.33. The first-order valence-electron chi connectivity index (χ1n) is 11.4. The van der Waals surface area contributed by atoms with Crippen LogP contribution in [0.15, 0.2) is 87.9 Å². The van der Waals surface area contributed by atoms with Crippen LogP contribution in [-0.4, -0.2) is 12.9 Å². The van der Waals surface area contributed by atoms with Gasteiger partial charge < -0.3 is 9.15 Å². The molecule has 32 heavy (non-hydrogen) atoms. The normalized spacial score (nSPS) is 17.7. The van der Waals surface area contributed by atoms with Gasteiger partial charge >= 0.3 is 0 Å². The van der Waals surface area contributed by atoms with E-state index >= 15 is 0 Å². The second-order valence-corrected chi connectivity index (χ2v) is 8.62. The quantitative estimate of drug-likeness (QED) is 0.382. The highest BCUT2D eigenvalue weighted by molar-refractivity contribution is 6.05. The number of hydrogen-bond donors (Lipinski definition) is 0. The smallest absolute Gasteiger partial charge is 0.137 e. The highest BCUT2D eigenvalue weighted by atomic mass is 16.5. The van der Waals surface area contributed by atoms with Gasteiger partial charge in [-0.2, -0.15) is 0 Å². The van der Waals surface area contributed by atoms with Gasteiger partial charge in [-0.3, -0.25) is 4.79 Å². The lowest BCUT2D eigenvalue weighted by atomic mass is 9.85. The summed E-state index contributed by atoms with van der Waals surface area (Å²) < 4.78 is 11.6. The van der Waals surface area contributed by atoms with Crippen molar-refractivity contribution in [2.24, 2.45) is 5.92 Å². The number of Topliss-reactive ketones (excluding diaryl/α,β-unsaturated/α-hetero) is 1. The maximum Gasteiger partial charge on any atom is 0.137 e. The minimum Gasteiger partial charge on any atom is -0.496 e. The molecule has 162 valence electrons. The van der Waals surface area contributed by atoms with Crippen LogP contribution in [0.4, 0.5) is 0 Å². The Bertz CT molecular complexity index is 1310. The summed E-state index contributed by atoms with van der Waals surface area (Å²) >= 11 is 0. The van der Waals surface area contributed by atoms with Gasteiger partial charge in [0, 0.05) is 35.1 Å². The molecule has 0 spiro atoms. The van der Waals surface area contributed by atoms with E-state index in [-0.39, 0.29) is 5.78 Å². The number of ketones is 1. The number of allylic oxidation sites excluding steroid dienone is 8. The van der Waals surface area contributed by atoms with Gasteiger partial charge in [0.2, 0.25) is 0 Å². The molecule has 2 aliphatic rings. The largest absolute Gasteiger partial charge is 0.496 e. The van der Waals surface area contributed by atoms with E-state index < -0.39 is 0 Å². The molecule has 2 aliphatic carbocycles. The number of methoxy groups -OCH3 is 1. The van der Waals surface area contributed by atoms with Gasteiger partial charge in [-0.15, -0.1) is 0 Å². The zero-order valence-corrected chi connectivity index (χ0v) is 18.7. The molecule has 0 bridgehead atoms. The molecule has 1 aromatic heterocycles. The van der Waals surface area contributed by atoms with Crippen LogP contribution in [-0.2, 0) is 11.2 Å². The third-order valence-corrected chi connectivity index (χ3v) is 6.71. The first kappa shape index (κ1) is 20.6. The molecule has 2 aromatic carbocycles. The fourth-order valence-corrected chi connectivity index (χ4v) is 5.07. The van der Waals surface area contributed by atoms with Crippen molar-refractivity contribution >= 4 is 27.7 Å². The van der Waals surface area contributed by atoms with Gasteiger partial charge in [0.05, 0.1) is 7.11 Å². The highest BCUT2D eigenvalue weighted by Gasteiger charge is 2.24. The molecule has 1 heterocycles. The monoisotopic (exact) mass is 424 g/mol. The molecule has 3 nitrogen and oxygen atoms in total. The summed E-state index contributed by atoms with van der Waals surface area (Å²) in [4.78, 5) is 12.9. The number of carbonyl (C=O) groups excluding carboxylic acids is 1. The molecular formula is C29H28O3. The Balaban J connectivity index is 1.28. The Labute approximate surface area is 188 Å². The van der Waals surface area contributed by atoms with Gasteiger partial charge in [-0.05, 0) is 48.6 Å². The van der Waals surface area contributed by atoms with Crippen molar-refractivity contribution in [2.75, 3.05) is 7.11 Å². The first-order chi connectivity index (χ1) is 15.7. The molecule has 0 saturated heterocycles. The van der Waals surface area contributed by atoms with Crippen LogP contribution in [0.25, 0.3) is 21.9 Å². The van der Waals surface area contributed by atoms with Crippen molar-refractivity contribution in [3.8, 4) is 5.75 Å². The molecule has 0 amide bonds. The maximum absolute atomic E-state index is 12.9. The highest BCUT2D eigenvalue weighted by Crippen LogP contribution is 2.39. The molecule has 0 aliphatic heterocycles. The van der Waals surface area contributed by atoms with Crippen LogP contribution in [0, 0.1) is 5.92 Å².